The molecule has 3 heterocycles. The van der Waals surface area contributed by atoms with Gasteiger partial charge in [-0.2, -0.15) is 0 Å². The lowest BCUT2D eigenvalue weighted by Crippen LogP contribution is -2.40. The number of nitrogens with zero attached hydrogens (tertiary/aromatic N) is 1. The predicted octanol–water partition coefficient (Wildman–Crippen LogP) is 3.60. The zero-order valence-corrected chi connectivity index (χ0v) is 20.1. The van der Waals surface area contributed by atoms with Crippen LogP contribution in [0.1, 0.15) is 42.6 Å². The second kappa shape index (κ2) is 10.2. The molecule has 0 bridgehead atoms. The average Bonchev–Trinajstić information content (AvgIpc) is 3.31. The molecular formula is C26H31N3O5. The van der Waals surface area contributed by atoms with Gasteiger partial charge in [0.15, 0.2) is 5.94 Å². The van der Waals surface area contributed by atoms with Crippen molar-refractivity contribution in [1.82, 2.24) is 10.6 Å². The number of fused-ring (bicyclic) bond motifs is 1. The van der Waals surface area contributed by atoms with Crippen LogP contribution in [0.3, 0.4) is 0 Å². The van der Waals surface area contributed by atoms with Gasteiger partial charge in [0.25, 0.3) is 5.91 Å². The molecule has 0 atom stereocenters. The Balaban J connectivity index is 1.68. The first-order valence-corrected chi connectivity index (χ1v) is 11.6. The molecule has 0 unspecified atom stereocenters. The molecule has 8 nitrogen and oxygen atoms in total. The molecule has 2 aromatic rings. The molecule has 1 fully saturated rings. The Morgan fingerprint density at radius 2 is 2.09 bits per heavy atom. The van der Waals surface area contributed by atoms with Gasteiger partial charge in [0.2, 0.25) is 0 Å². The molecule has 180 valence electrons. The minimum absolute atomic E-state index is 0.115. The van der Waals surface area contributed by atoms with Crippen LogP contribution >= 0.6 is 0 Å². The van der Waals surface area contributed by atoms with Crippen LogP contribution in [-0.2, 0) is 14.3 Å². The lowest BCUT2D eigenvalue weighted by molar-refractivity contribution is 0.0846. The highest BCUT2D eigenvalue weighted by atomic mass is 16.5. The summed E-state index contributed by atoms with van der Waals surface area (Å²) in [6, 6.07) is 4.19. The van der Waals surface area contributed by atoms with Gasteiger partial charge in [0.05, 0.1) is 18.9 Å². The van der Waals surface area contributed by atoms with Crippen LogP contribution in [0.5, 0.6) is 0 Å². The van der Waals surface area contributed by atoms with Crippen molar-refractivity contribution in [3.05, 3.63) is 58.3 Å². The van der Waals surface area contributed by atoms with E-state index in [1.165, 1.54) is 7.11 Å². The van der Waals surface area contributed by atoms with Crippen LogP contribution < -0.4 is 15.5 Å². The Bertz CT molecular complexity index is 1200. The maximum Gasteiger partial charge on any atom is 0.252 e. The molecule has 1 saturated heterocycles. The van der Waals surface area contributed by atoms with E-state index in [1.807, 2.05) is 31.9 Å². The number of amides is 1. The largest absolute Gasteiger partial charge is 0.496 e. The van der Waals surface area contributed by atoms with Gasteiger partial charge >= 0.3 is 0 Å². The summed E-state index contributed by atoms with van der Waals surface area (Å²) in [5.74, 6) is 2.19. The number of benzene rings is 1. The molecular weight excluding hydrogens is 434 g/mol. The third-order valence-corrected chi connectivity index (χ3v) is 6.52. The molecule has 2 aliphatic rings. The van der Waals surface area contributed by atoms with E-state index in [-0.39, 0.29) is 18.1 Å². The van der Waals surface area contributed by atoms with Gasteiger partial charge < -0.3 is 29.4 Å². The molecule has 1 amide bonds. The number of allylic oxidation sites excluding steroid dienone is 2. The predicted molar refractivity (Wildman–Crippen MR) is 130 cm³/mol. The fourth-order valence-corrected chi connectivity index (χ4v) is 4.83. The van der Waals surface area contributed by atoms with Crippen LogP contribution in [0.4, 0.5) is 5.69 Å². The fourth-order valence-electron chi connectivity index (χ4n) is 4.83. The Morgan fingerprint density at radius 1 is 1.32 bits per heavy atom. The maximum atomic E-state index is 13.5. The van der Waals surface area contributed by atoms with Gasteiger partial charge in [-0.25, -0.2) is 4.79 Å². The topological polar surface area (TPSA) is 93.0 Å². The number of rotatable bonds is 7. The Kier molecular flexibility index (Phi) is 7.10. The quantitative estimate of drug-likeness (QED) is 0.604. The van der Waals surface area contributed by atoms with Gasteiger partial charge in [-0.1, -0.05) is 0 Å². The average molecular weight is 466 g/mol. The van der Waals surface area contributed by atoms with Gasteiger partial charge in [-0.15, -0.1) is 0 Å². The first-order chi connectivity index (χ1) is 16.5. The van der Waals surface area contributed by atoms with Crippen LogP contribution in [0, 0.1) is 6.92 Å². The van der Waals surface area contributed by atoms with Crippen LogP contribution in [0.25, 0.3) is 11.0 Å². The number of carbonyl (C=O) groups is 1. The van der Waals surface area contributed by atoms with E-state index >= 15 is 0 Å². The number of furan rings is 1. The van der Waals surface area contributed by atoms with E-state index < -0.39 is 0 Å². The number of ether oxygens (including phenoxy) is 2. The standard InChI is InChI=1S/C26H31N3O5/c1-5-29(18-6-9-33-10-7-18)22-13-24-19(8-11-34-24)25(17(22)3)26(31)27-14-20-21(15-30)28-16(2)12-23(20)32-4/h8,11-13,18,28H,5-7,9-10,14H2,1-4H3,(H,27,31). The number of hydrogen-bond acceptors (Lipinski definition) is 7. The number of hydrogen-bond donors (Lipinski definition) is 2. The molecule has 1 aromatic heterocycles. The van der Waals surface area contributed by atoms with Crippen molar-refractivity contribution < 1.29 is 23.5 Å². The van der Waals surface area contributed by atoms with Gasteiger partial charge in [0, 0.05) is 60.8 Å². The smallest absolute Gasteiger partial charge is 0.252 e. The zero-order chi connectivity index (χ0) is 24.2. The van der Waals surface area contributed by atoms with Crippen LogP contribution in [0.15, 0.2) is 51.6 Å². The zero-order valence-electron chi connectivity index (χ0n) is 20.1. The summed E-state index contributed by atoms with van der Waals surface area (Å²) in [6.45, 7) is 8.33. The lowest BCUT2D eigenvalue weighted by Gasteiger charge is -2.36. The second-order valence-corrected chi connectivity index (χ2v) is 8.52. The van der Waals surface area contributed by atoms with Crippen molar-refractivity contribution >= 4 is 28.5 Å². The monoisotopic (exact) mass is 465 g/mol. The molecule has 1 aromatic carbocycles. The van der Waals surface area contributed by atoms with Crippen molar-refractivity contribution in [2.45, 2.75) is 39.7 Å². The van der Waals surface area contributed by atoms with Crippen molar-refractivity contribution in [3.63, 3.8) is 0 Å². The Hall–Kier alpha value is -3.48. The molecule has 0 radical (unpaired) electrons. The first kappa shape index (κ1) is 23.7. The summed E-state index contributed by atoms with van der Waals surface area (Å²) in [5, 5.41) is 6.71. The maximum absolute atomic E-state index is 13.5. The minimum atomic E-state index is -0.242. The number of carbonyl (C=O) groups excluding carboxylic acids is 2. The fraction of sp³-hybridized carbons (Fsp3) is 0.423. The van der Waals surface area contributed by atoms with E-state index in [2.05, 4.69) is 22.5 Å². The first-order valence-electron chi connectivity index (χ1n) is 11.6. The Morgan fingerprint density at radius 3 is 2.76 bits per heavy atom. The van der Waals surface area contributed by atoms with Gasteiger partial charge in [0.1, 0.15) is 17.0 Å². The number of nitrogens with one attached hydrogen (secondary N) is 2. The number of dihydropyridines is 1. The minimum Gasteiger partial charge on any atom is -0.496 e. The van der Waals surface area contributed by atoms with Crippen molar-refractivity contribution in [3.8, 4) is 0 Å². The van der Waals surface area contributed by atoms with E-state index in [0.717, 1.165) is 54.9 Å². The molecule has 2 aliphatic heterocycles. The van der Waals surface area contributed by atoms with Crippen molar-refractivity contribution in [1.29, 1.82) is 0 Å². The van der Waals surface area contributed by atoms with Gasteiger partial charge in [-0.3, -0.25) is 4.79 Å². The lowest BCUT2D eigenvalue weighted by atomic mass is 9.98. The molecule has 0 spiro atoms. The SMILES string of the molecule is CCN(c1cc2occc2c(C(=O)NCC2=C(OC)C=C(C)NC2=C=O)c1C)C1CCOCC1. The highest BCUT2D eigenvalue weighted by Gasteiger charge is 2.27. The van der Waals surface area contributed by atoms with E-state index in [9.17, 15) is 9.59 Å². The molecule has 8 heteroatoms. The van der Waals surface area contributed by atoms with Crippen LogP contribution in [0.2, 0.25) is 0 Å². The summed E-state index contributed by atoms with van der Waals surface area (Å²) in [5.41, 5.74) is 4.69. The molecule has 34 heavy (non-hydrogen) atoms. The van der Waals surface area contributed by atoms with Crippen LogP contribution in [-0.4, -0.2) is 51.3 Å². The normalized spacial score (nSPS) is 16.7. The Labute approximate surface area is 199 Å². The van der Waals surface area contributed by atoms with E-state index in [0.29, 0.717) is 28.5 Å². The summed E-state index contributed by atoms with van der Waals surface area (Å²) >= 11 is 0. The molecule has 4 rings (SSSR count). The van der Waals surface area contributed by atoms with Crippen molar-refractivity contribution in [2.24, 2.45) is 0 Å². The van der Waals surface area contributed by atoms with Gasteiger partial charge in [-0.05, 0) is 51.3 Å². The highest BCUT2D eigenvalue weighted by molar-refractivity contribution is 6.09. The third kappa shape index (κ3) is 4.47. The van der Waals surface area contributed by atoms with E-state index in [4.69, 9.17) is 13.9 Å². The number of methoxy groups -OCH3 is 1. The number of anilines is 1. The highest BCUT2D eigenvalue weighted by Crippen LogP contribution is 2.34. The van der Waals surface area contributed by atoms with E-state index in [1.54, 1.807) is 12.3 Å². The molecule has 0 saturated carbocycles. The summed E-state index contributed by atoms with van der Waals surface area (Å²) < 4.78 is 16.7. The van der Waals surface area contributed by atoms with Crippen molar-refractivity contribution in [2.75, 3.05) is 38.3 Å². The molecule has 0 aliphatic carbocycles. The summed E-state index contributed by atoms with van der Waals surface area (Å²) in [7, 11) is 1.53. The summed E-state index contributed by atoms with van der Waals surface area (Å²) in [6.07, 6.45) is 5.28. The molecule has 2 N–H and O–H groups in total. The third-order valence-electron chi connectivity index (χ3n) is 6.52. The summed E-state index contributed by atoms with van der Waals surface area (Å²) in [4.78, 5) is 27.4. The second-order valence-electron chi connectivity index (χ2n) is 8.52.